The van der Waals surface area contributed by atoms with Gasteiger partial charge in [-0.25, -0.2) is 0 Å². The van der Waals surface area contributed by atoms with Crippen LogP contribution in [0.25, 0.3) is 98.1 Å². The molecule has 116 heavy (non-hydrogen) atoms. The molecule has 10 heterocycles. The smallest absolute Gasteiger partial charge is 0.495 e. The van der Waals surface area contributed by atoms with Crippen molar-refractivity contribution in [1.82, 2.24) is 19.9 Å². The summed E-state index contributed by atoms with van der Waals surface area (Å²) in [4.78, 5) is 16.5. The van der Waals surface area contributed by atoms with E-state index in [9.17, 15) is 0 Å². The predicted octanol–water partition coefficient (Wildman–Crippen LogP) is 22.0. The van der Waals surface area contributed by atoms with Crippen LogP contribution in [0.15, 0.2) is 189 Å². The van der Waals surface area contributed by atoms with E-state index >= 15 is 0 Å². The van der Waals surface area contributed by atoms with Crippen molar-refractivity contribution in [2.75, 3.05) is 38.9 Å². The van der Waals surface area contributed by atoms with Gasteiger partial charge in [0.2, 0.25) is 0 Å². The highest BCUT2D eigenvalue weighted by atomic mass is 127. The Morgan fingerprint density at radius 2 is 0.853 bits per heavy atom. The highest BCUT2D eigenvalue weighted by molar-refractivity contribution is 14.1. The van der Waals surface area contributed by atoms with Crippen LogP contribution >= 0.6 is 101 Å². The van der Waals surface area contributed by atoms with Crippen molar-refractivity contribution >= 4 is 238 Å². The van der Waals surface area contributed by atoms with Gasteiger partial charge in [-0.1, -0.05) is 81.9 Å². The van der Waals surface area contributed by atoms with Crippen molar-refractivity contribution in [2.24, 2.45) is 0 Å². The van der Waals surface area contributed by atoms with Crippen LogP contribution in [-0.4, -0.2) is 119 Å². The van der Waals surface area contributed by atoms with Crippen LogP contribution in [0.5, 0.6) is 11.5 Å². The molecule has 8 aromatic carbocycles. The molecule has 30 heteroatoms. The number of anilines is 2. The zero-order valence-corrected chi connectivity index (χ0v) is 74.6. The molecular weight excluding hydrogens is 1800 g/mol. The third-order valence-electron chi connectivity index (χ3n) is 21.7. The Bertz CT molecular complexity index is 5830. The molecular formula is C86H91B4Br2Cl4IN6O13. The molecule has 4 saturated heterocycles. The van der Waals surface area contributed by atoms with Gasteiger partial charge < -0.3 is 72.5 Å². The number of hydrogen-bond acceptors (Lipinski definition) is 19. The van der Waals surface area contributed by atoms with Crippen molar-refractivity contribution in [3.63, 3.8) is 0 Å². The van der Waals surface area contributed by atoms with Crippen molar-refractivity contribution in [2.45, 2.75) is 144 Å². The summed E-state index contributed by atoms with van der Waals surface area (Å²) in [6, 6.07) is 38.4. The molecule has 18 rings (SSSR count). The number of aromatic nitrogens is 4. The number of methoxy groups -OCH3 is 2. The number of aryl methyl sites for hydroxylation is 1. The molecule has 0 spiro atoms. The quantitative estimate of drug-likeness (QED) is 0.0522. The number of benzene rings is 8. The average Bonchev–Trinajstić information content (AvgIpc) is 1.61. The first-order valence-electron chi connectivity index (χ1n) is 37.1. The maximum Gasteiger partial charge on any atom is 0.495 e. The Morgan fingerprint density at radius 1 is 0.466 bits per heavy atom. The fourth-order valence-corrected chi connectivity index (χ4v) is 15.3. The van der Waals surface area contributed by atoms with Crippen molar-refractivity contribution in [1.29, 1.82) is 0 Å². The molecule has 6 aromatic heterocycles. The van der Waals surface area contributed by atoms with Crippen LogP contribution in [0.1, 0.15) is 109 Å². The molecule has 19 nitrogen and oxygen atoms in total. The molecule has 0 aliphatic carbocycles. The van der Waals surface area contributed by atoms with E-state index in [0.717, 1.165) is 129 Å². The second kappa shape index (κ2) is 36.5. The molecule has 604 valence electrons. The lowest BCUT2D eigenvalue weighted by atomic mass is 9.49. The van der Waals surface area contributed by atoms with E-state index in [-0.39, 0.29) is 29.8 Å². The third kappa shape index (κ3) is 19.1. The highest BCUT2D eigenvalue weighted by Crippen LogP contribution is 2.47. The van der Waals surface area contributed by atoms with Gasteiger partial charge in [-0.05, 0) is 289 Å². The Labute approximate surface area is 727 Å². The lowest BCUT2D eigenvalue weighted by Crippen LogP contribution is -2.41. The lowest BCUT2D eigenvalue weighted by Gasteiger charge is -2.32. The zero-order valence-electron chi connectivity index (χ0n) is 66.3. The van der Waals surface area contributed by atoms with E-state index in [4.69, 9.17) is 119 Å². The van der Waals surface area contributed by atoms with Crippen molar-refractivity contribution in [3.8, 4) is 22.6 Å². The summed E-state index contributed by atoms with van der Waals surface area (Å²) < 4.78 is 66.9. The lowest BCUT2D eigenvalue weighted by molar-refractivity contribution is 0.00578. The van der Waals surface area contributed by atoms with Gasteiger partial charge in [0.05, 0.1) is 82.9 Å². The number of nitrogens with two attached hydrogens (primary N) is 2. The molecule has 0 unspecified atom stereocenters. The molecule has 0 atom stereocenters. The van der Waals surface area contributed by atoms with E-state index in [1.54, 1.807) is 56.3 Å². The van der Waals surface area contributed by atoms with Gasteiger partial charge in [0.15, 0.2) is 11.2 Å². The topological polar surface area (TPSA) is 253 Å². The maximum absolute atomic E-state index is 9.15. The second-order valence-corrected chi connectivity index (χ2v) is 35.4. The van der Waals surface area contributed by atoms with Crippen LogP contribution in [0.4, 0.5) is 11.4 Å². The Morgan fingerprint density at radius 3 is 1.30 bits per heavy atom. The van der Waals surface area contributed by atoms with Crippen LogP contribution in [0, 0.1) is 10.5 Å². The summed E-state index contributed by atoms with van der Waals surface area (Å²) in [5.41, 5.74) is 17.9. The number of pyridine rings is 4. The fourth-order valence-electron chi connectivity index (χ4n) is 13.1. The Hall–Kier alpha value is -7.05. The second-order valence-electron chi connectivity index (χ2n) is 31.0. The van der Waals surface area contributed by atoms with Crippen LogP contribution in [-0.2, 0) is 32.7 Å². The zero-order chi connectivity index (χ0) is 83.0. The molecule has 4 aliphatic rings. The van der Waals surface area contributed by atoms with Gasteiger partial charge in [0.1, 0.15) is 22.7 Å². The number of hydrogen-bond donors (Lipinski definition) is 4. The molecule has 6 N–H and O–H groups in total. The van der Waals surface area contributed by atoms with E-state index < -0.39 is 39.5 Å². The first-order chi connectivity index (χ1) is 54.3. The summed E-state index contributed by atoms with van der Waals surface area (Å²) >= 11 is 33.6. The van der Waals surface area contributed by atoms with Crippen molar-refractivity contribution in [3.05, 3.63) is 209 Å². The monoisotopic (exact) mass is 1880 g/mol. The van der Waals surface area contributed by atoms with Gasteiger partial charge in [-0.3, -0.25) is 19.9 Å². The van der Waals surface area contributed by atoms with Gasteiger partial charge in [0, 0.05) is 126 Å². The molecule has 0 saturated carbocycles. The van der Waals surface area contributed by atoms with Gasteiger partial charge >= 0.3 is 28.3 Å². The number of halogens is 7. The van der Waals surface area contributed by atoms with E-state index in [0.29, 0.717) is 53.8 Å². The number of ether oxygens (including phenoxy) is 3. The molecule has 0 radical (unpaired) electrons. The average molecular weight is 1890 g/mol. The van der Waals surface area contributed by atoms with E-state index in [2.05, 4.69) is 86.5 Å². The van der Waals surface area contributed by atoms with Gasteiger partial charge in [0.25, 0.3) is 0 Å². The van der Waals surface area contributed by atoms with E-state index in [1.807, 2.05) is 200 Å². The number of nitrogens with zero attached hydrogens (tertiary/aromatic N) is 4. The maximum atomic E-state index is 9.15. The minimum absolute atomic E-state index is 0. The Kier molecular flexibility index (Phi) is 28.2. The largest absolute Gasteiger partial charge is 0.497 e. The number of rotatable bonds is 6. The molecule has 4 fully saturated rings. The summed E-state index contributed by atoms with van der Waals surface area (Å²) in [7, 11) is 0.174. The summed E-state index contributed by atoms with van der Waals surface area (Å²) in [5.74, 6) is 1.23. The fraction of sp³-hybridized carbons (Fsp3) is 0.302. The summed E-state index contributed by atoms with van der Waals surface area (Å²) in [6.45, 7) is 28.4. The minimum atomic E-state index is -1.54. The van der Waals surface area contributed by atoms with Gasteiger partial charge in [-0.2, -0.15) is 0 Å². The minimum Gasteiger partial charge on any atom is -0.497 e. The number of nitrogen functional groups attached to an aromatic ring is 2. The third-order valence-corrected chi connectivity index (χ3v) is 26.2. The standard InChI is InChI=1S/C21H19BClNO3.C17H15ClN2O.C15H7BrClNO.C12H24B2O4.C10H10BNO3.C6H4BrClIN.C4H8O.CH4/c1-20(2)21(3,4)27-22(26-20)15-5-6-16(23)19-18(15)14-9-13-11-24-8-7-12(13)10-17(14)25-19;1-10-3-4-14(18)17(19)16(10)13-7-12-9-20-6-5-11(12)8-15(13)21-2;16-11-1-2-12(17)15-14(11)10-5-9-7-18-4-3-8(9)6-13(10)19-15;1-9(2)10(3,4)16-13(15-9)14-17-11(5,6)12(7,8)18-14;1-15-10-5-7-2-3-12-6-8(7)4-9(10)11(13)14;7-3-1-2-4(8)6(10)5(3)9;1-2-4-5-3-1;/h5-11H,1-4H3;3-9H,19H2,1-2H3;1-7H;1-8H3;2-6,13-14H,1H3;1-2H,10H2;1-4H2;1H4. The first kappa shape index (κ1) is 89.7. The molecule has 4 aliphatic heterocycles. The summed E-state index contributed by atoms with van der Waals surface area (Å²) in [5, 5.41) is 32.8. The number of fused-ring (bicyclic) bond motifs is 10. The number of furan rings is 2. The van der Waals surface area contributed by atoms with Crippen molar-refractivity contribution < 1.29 is 61.0 Å². The first-order valence-corrected chi connectivity index (χ1v) is 41.2. The van der Waals surface area contributed by atoms with Crippen LogP contribution in [0.2, 0.25) is 20.1 Å². The molecule has 14 aromatic rings. The molecule has 0 amide bonds. The summed E-state index contributed by atoms with van der Waals surface area (Å²) in [6.07, 6.45) is 16.8. The van der Waals surface area contributed by atoms with Crippen LogP contribution < -0.4 is 31.9 Å². The molecule has 0 bridgehead atoms. The predicted molar refractivity (Wildman–Crippen MR) is 493 cm³/mol. The Balaban J connectivity index is 0.000000137. The van der Waals surface area contributed by atoms with Crippen LogP contribution in [0.3, 0.4) is 0 Å². The van der Waals surface area contributed by atoms with Gasteiger partial charge in [-0.15, -0.1) is 0 Å². The van der Waals surface area contributed by atoms with E-state index in [1.165, 1.54) is 20.0 Å². The highest BCUT2D eigenvalue weighted by Gasteiger charge is 2.64. The normalized spacial score (nSPS) is 16.4. The SMILES string of the molecule is C.C1CCOC1.CC1(C)OB(B2OC(C)(C)C(C)(C)O2)OC1(C)C.CC1(C)OB(c2ccc(Cl)c3oc4cc5ccncc5cc4c23)OC1(C)C.COc1cc2ccncc2cc1-c1c(C)ccc(Cl)c1N.COc1cc2ccncc2cc1B(O)O.Clc1ccc(Br)c2c1oc1cc3ccncc3cc12.Nc1c(Cl)ccc(Br)c1I.